The highest BCUT2D eigenvalue weighted by Gasteiger charge is 2.22. The molecule has 0 fully saturated rings. The number of carbonyl (C=O) groups is 2. The quantitative estimate of drug-likeness (QED) is 0.631. The highest BCUT2D eigenvalue weighted by Crippen LogP contribution is 2.40. The van der Waals surface area contributed by atoms with Gasteiger partial charge in [-0.15, -0.1) is 22.7 Å². The Bertz CT molecular complexity index is 927. The summed E-state index contributed by atoms with van der Waals surface area (Å²) >= 11 is 8.87. The predicted molar refractivity (Wildman–Crippen MR) is 111 cm³/mol. The first kappa shape index (κ1) is 19.5. The number of halogens is 1. The lowest BCUT2D eigenvalue weighted by atomic mass is 10.1. The fraction of sp³-hybridized carbons (Fsp3) is 0.222. The fourth-order valence-electron chi connectivity index (χ4n) is 2.75. The van der Waals surface area contributed by atoms with Gasteiger partial charge >= 0.3 is 0 Å². The van der Waals surface area contributed by atoms with Gasteiger partial charge in [-0.2, -0.15) is 0 Å². The maximum Gasteiger partial charge on any atom is 0.227 e. The molecule has 9 heteroatoms. The summed E-state index contributed by atoms with van der Waals surface area (Å²) in [5.74, 6) is 0.211. The number of fused-ring (bicyclic) bond motifs is 1. The van der Waals surface area contributed by atoms with E-state index >= 15 is 0 Å². The second-order valence-corrected chi connectivity index (χ2v) is 7.68. The van der Waals surface area contributed by atoms with Gasteiger partial charge in [0.15, 0.2) is 0 Å². The number of carbonyl (C=O) groups excluding carboxylic acids is 2. The lowest BCUT2D eigenvalue weighted by molar-refractivity contribution is -0.118. The van der Waals surface area contributed by atoms with Crippen LogP contribution < -0.4 is 10.2 Å². The van der Waals surface area contributed by atoms with E-state index in [-0.39, 0.29) is 5.91 Å². The van der Waals surface area contributed by atoms with Crippen LogP contribution in [0.15, 0.2) is 35.3 Å². The lowest BCUT2D eigenvalue weighted by Crippen LogP contribution is -2.35. The van der Waals surface area contributed by atoms with Crippen LogP contribution in [-0.4, -0.2) is 28.8 Å². The molecule has 6 nitrogen and oxygen atoms in total. The second-order valence-electron chi connectivity index (χ2n) is 5.49. The van der Waals surface area contributed by atoms with E-state index in [9.17, 15) is 9.59 Å². The number of thiophene rings is 1. The first-order chi connectivity index (χ1) is 13.2. The van der Waals surface area contributed by atoms with Crippen molar-refractivity contribution in [1.82, 2.24) is 9.97 Å². The van der Waals surface area contributed by atoms with E-state index in [1.807, 2.05) is 24.4 Å². The Balaban J connectivity index is 0.000000156. The van der Waals surface area contributed by atoms with Crippen molar-refractivity contribution in [1.29, 1.82) is 0 Å². The minimum absolute atomic E-state index is 0.211. The van der Waals surface area contributed by atoms with Gasteiger partial charge in [0.1, 0.15) is 10.0 Å². The highest BCUT2D eigenvalue weighted by molar-refractivity contribution is 7.17. The van der Waals surface area contributed by atoms with Crippen molar-refractivity contribution in [2.24, 2.45) is 0 Å². The molecule has 0 saturated heterocycles. The summed E-state index contributed by atoms with van der Waals surface area (Å²) in [7, 11) is 0. The molecule has 0 aromatic carbocycles. The van der Waals surface area contributed by atoms with Crippen LogP contribution in [0.4, 0.5) is 10.7 Å². The number of aryl methyl sites for hydroxylation is 1. The van der Waals surface area contributed by atoms with Gasteiger partial charge in [0.25, 0.3) is 0 Å². The summed E-state index contributed by atoms with van der Waals surface area (Å²) < 4.78 is 0. The van der Waals surface area contributed by atoms with Crippen molar-refractivity contribution in [2.75, 3.05) is 16.8 Å². The summed E-state index contributed by atoms with van der Waals surface area (Å²) in [5.41, 5.74) is 2.84. The maximum atomic E-state index is 11.5. The molecule has 0 aliphatic carbocycles. The molecule has 4 heterocycles. The zero-order valence-electron chi connectivity index (χ0n) is 14.5. The van der Waals surface area contributed by atoms with Crippen molar-refractivity contribution in [3.8, 4) is 10.6 Å². The third-order valence-corrected chi connectivity index (χ3v) is 6.06. The number of anilines is 2. The highest BCUT2D eigenvalue weighted by atomic mass is 35.5. The second kappa shape index (κ2) is 9.07. The zero-order chi connectivity index (χ0) is 19.2. The van der Waals surface area contributed by atoms with Crippen LogP contribution in [-0.2, 0) is 16.0 Å². The van der Waals surface area contributed by atoms with E-state index < -0.39 is 0 Å². The summed E-state index contributed by atoms with van der Waals surface area (Å²) in [6.45, 7) is 2.72. The molecule has 3 aromatic heterocycles. The minimum atomic E-state index is 0.211. The number of nitrogens with one attached hydrogen (secondary N) is 1. The third kappa shape index (κ3) is 4.35. The van der Waals surface area contributed by atoms with E-state index in [0.29, 0.717) is 17.9 Å². The third-order valence-electron chi connectivity index (χ3n) is 3.93. The van der Waals surface area contributed by atoms with Crippen LogP contribution >= 0.6 is 34.3 Å². The van der Waals surface area contributed by atoms with Gasteiger partial charge in [0.05, 0.1) is 22.0 Å². The van der Waals surface area contributed by atoms with Crippen LogP contribution in [0.25, 0.3) is 10.6 Å². The van der Waals surface area contributed by atoms with Crippen molar-refractivity contribution >= 4 is 57.3 Å². The monoisotopic (exact) mass is 420 g/mol. The number of hydrogen-bond donors (Lipinski definition) is 1. The lowest BCUT2D eigenvalue weighted by Gasteiger charge is -2.27. The van der Waals surface area contributed by atoms with Crippen LogP contribution in [0.1, 0.15) is 19.0 Å². The molecule has 1 N–H and O–H groups in total. The molecule has 27 heavy (non-hydrogen) atoms. The molecule has 3 aromatic rings. The molecule has 0 atom stereocenters. The van der Waals surface area contributed by atoms with Crippen LogP contribution in [0, 0.1) is 0 Å². The number of rotatable bonds is 4. The summed E-state index contributed by atoms with van der Waals surface area (Å²) in [6.07, 6.45) is 5.50. The maximum absolute atomic E-state index is 11.5. The van der Waals surface area contributed by atoms with Gasteiger partial charge < -0.3 is 10.2 Å². The Morgan fingerprint density at radius 2 is 2.15 bits per heavy atom. The van der Waals surface area contributed by atoms with Gasteiger partial charge in [0, 0.05) is 42.5 Å². The number of amides is 2. The van der Waals surface area contributed by atoms with E-state index in [4.69, 9.17) is 11.6 Å². The molecular formula is C18H17ClN4O2S2. The number of thiazole rings is 1. The summed E-state index contributed by atoms with van der Waals surface area (Å²) in [6, 6.07) is 3.84. The number of hydrogen-bond acceptors (Lipinski definition) is 6. The van der Waals surface area contributed by atoms with Gasteiger partial charge in [-0.3, -0.25) is 14.6 Å². The Morgan fingerprint density at radius 3 is 2.85 bits per heavy atom. The van der Waals surface area contributed by atoms with Gasteiger partial charge in [0.2, 0.25) is 12.3 Å². The number of nitrogens with zero attached hydrogens (tertiary/aromatic N) is 3. The van der Waals surface area contributed by atoms with E-state index in [2.05, 4.69) is 15.3 Å². The Labute approximate surface area is 169 Å². The van der Waals surface area contributed by atoms with Crippen LogP contribution in [0.3, 0.4) is 0 Å². The van der Waals surface area contributed by atoms with E-state index in [1.165, 1.54) is 22.7 Å². The molecule has 140 valence electrons. The summed E-state index contributed by atoms with van der Waals surface area (Å²) in [5, 5.41) is 8.43. The van der Waals surface area contributed by atoms with Crippen molar-refractivity contribution < 1.29 is 9.59 Å². The first-order valence-corrected chi connectivity index (χ1v) is 10.4. The first-order valence-electron chi connectivity index (χ1n) is 8.27. The van der Waals surface area contributed by atoms with Crippen molar-refractivity contribution in [3.05, 3.63) is 46.0 Å². The molecule has 0 unspecified atom stereocenters. The average Bonchev–Trinajstić information content (AvgIpc) is 3.32. The minimum Gasteiger partial charge on any atom is -0.320 e. The van der Waals surface area contributed by atoms with Crippen molar-refractivity contribution in [2.45, 2.75) is 19.8 Å². The van der Waals surface area contributed by atoms with Crippen LogP contribution in [0.2, 0.25) is 5.02 Å². The molecule has 0 saturated carbocycles. The van der Waals surface area contributed by atoms with Gasteiger partial charge in [-0.25, -0.2) is 4.98 Å². The summed E-state index contributed by atoms with van der Waals surface area (Å²) in [4.78, 5) is 32.0. The van der Waals surface area contributed by atoms with Gasteiger partial charge in [-0.05, 0) is 19.1 Å². The molecule has 0 spiro atoms. The van der Waals surface area contributed by atoms with Gasteiger partial charge in [-0.1, -0.05) is 11.6 Å². The molecule has 0 bridgehead atoms. The SMILES string of the molecule is CCN1C(=O)CCc2ncccc21.O=CNc1scc(Cl)c1-c1nccs1. The molecule has 0 radical (unpaired) electrons. The number of aromatic nitrogens is 2. The molecule has 1 aliphatic heterocycles. The molecule has 2 amide bonds. The normalized spacial score (nSPS) is 12.8. The van der Waals surface area contributed by atoms with E-state index in [0.717, 1.165) is 39.9 Å². The van der Waals surface area contributed by atoms with Crippen molar-refractivity contribution in [3.63, 3.8) is 0 Å². The Hall–Kier alpha value is -2.29. The number of pyridine rings is 1. The average molecular weight is 421 g/mol. The standard InChI is InChI=1S/C10H12N2O.C8H5ClN2OS2/c1-2-12-9-4-3-7-11-8(9)5-6-10(12)13;9-5-3-14-8(11-4-12)6(5)7-10-1-2-13-7/h3-4,7H,2,5-6H2,1H3;1-4H,(H,11,12). The Kier molecular flexibility index (Phi) is 6.54. The molecular weight excluding hydrogens is 404 g/mol. The predicted octanol–water partition coefficient (Wildman–Crippen LogP) is 4.47. The Morgan fingerprint density at radius 1 is 1.30 bits per heavy atom. The largest absolute Gasteiger partial charge is 0.320 e. The van der Waals surface area contributed by atoms with E-state index in [1.54, 1.807) is 22.7 Å². The zero-order valence-corrected chi connectivity index (χ0v) is 16.9. The molecule has 1 aliphatic rings. The molecule has 4 rings (SSSR count). The topological polar surface area (TPSA) is 75.2 Å². The smallest absolute Gasteiger partial charge is 0.227 e. The van der Waals surface area contributed by atoms with Crippen LogP contribution in [0.5, 0.6) is 0 Å². The fourth-order valence-corrected chi connectivity index (χ4v) is 4.73.